The van der Waals surface area contributed by atoms with E-state index in [0.29, 0.717) is 28.3 Å². The Balaban J connectivity index is 1.57. The molecular weight excluding hydrogens is 416 g/mol. The van der Waals surface area contributed by atoms with Crippen LogP contribution in [0.5, 0.6) is 11.5 Å². The number of aromatic nitrogens is 3. The van der Waals surface area contributed by atoms with E-state index in [1.165, 1.54) is 18.4 Å². The summed E-state index contributed by atoms with van der Waals surface area (Å²) in [5, 5.41) is 12.2. The molecule has 0 aliphatic carbocycles. The number of nitrogens with zero attached hydrogens (tertiary/aromatic N) is 3. The molecule has 1 amide bonds. The van der Waals surface area contributed by atoms with Crippen molar-refractivity contribution in [2.45, 2.75) is 33.1 Å². The molecule has 0 atom stereocenters. The Morgan fingerprint density at radius 1 is 0.939 bits per heavy atom. The molecule has 0 radical (unpaired) electrons. The zero-order chi connectivity index (χ0) is 23.4. The van der Waals surface area contributed by atoms with Crippen LogP contribution in [0.2, 0.25) is 0 Å². The molecule has 1 N–H and O–H groups in total. The molecule has 7 nitrogen and oxygen atoms in total. The minimum absolute atomic E-state index is 0.242. The topological polar surface area (TPSA) is 78.3 Å². The lowest BCUT2D eigenvalue weighted by molar-refractivity contribution is 0.102. The first-order valence-corrected chi connectivity index (χ1v) is 11.0. The van der Waals surface area contributed by atoms with Gasteiger partial charge in [0.25, 0.3) is 5.91 Å². The van der Waals surface area contributed by atoms with Gasteiger partial charge >= 0.3 is 0 Å². The van der Waals surface area contributed by atoms with E-state index in [0.717, 1.165) is 23.2 Å². The number of rotatable bonds is 8. The third-order valence-corrected chi connectivity index (χ3v) is 5.61. The van der Waals surface area contributed by atoms with E-state index in [1.54, 1.807) is 37.2 Å². The summed E-state index contributed by atoms with van der Waals surface area (Å²) in [5.74, 6) is 0.830. The number of aryl methyl sites for hydroxylation is 2. The number of nitrogens with one attached hydrogen (secondary N) is 1. The minimum Gasteiger partial charge on any atom is -0.493 e. The molecule has 0 bridgehead atoms. The fourth-order valence-corrected chi connectivity index (χ4v) is 3.67. The van der Waals surface area contributed by atoms with E-state index in [4.69, 9.17) is 9.47 Å². The highest BCUT2D eigenvalue weighted by Crippen LogP contribution is 2.28. The average molecular weight is 445 g/mol. The third kappa shape index (κ3) is 4.82. The van der Waals surface area contributed by atoms with Crippen LogP contribution < -0.4 is 14.8 Å². The number of unbranched alkanes of at least 4 members (excludes halogenated alkanes) is 1. The van der Waals surface area contributed by atoms with Gasteiger partial charge in [0.1, 0.15) is 11.0 Å². The van der Waals surface area contributed by atoms with Gasteiger partial charge < -0.3 is 14.8 Å². The molecule has 33 heavy (non-hydrogen) atoms. The summed E-state index contributed by atoms with van der Waals surface area (Å²) in [6, 6.07) is 17.2. The van der Waals surface area contributed by atoms with Crippen molar-refractivity contribution in [2.24, 2.45) is 0 Å². The van der Waals surface area contributed by atoms with Crippen molar-refractivity contribution in [3.63, 3.8) is 0 Å². The fourth-order valence-electron chi connectivity index (χ4n) is 3.67. The molecule has 0 aliphatic rings. The molecule has 3 aromatic carbocycles. The van der Waals surface area contributed by atoms with E-state index >= 15 is 0 Å². The van der Waals surface area contributed by atoms with Gasteiger partial charge in [0, 0.05) is 11.3 Å². The number of amides is 1. The lowest BCUT2D eigenvalue weighted by Gasteiger charge is -2.11. The summed E-state index contributed by atoms with van der Waals surface area (Å²) in [6.07, 6.45) is 3.44. The van der Waals surface area contributed by atoms with Crippen molar-refractivity contribution < 1.29 is 14.3 Å². The van der Waals surface area contributed by atoms with Gasteiger partial charge in [-0.05, 0) is 73.4 Å². The Bertz CT molecular complexity index is 1280. The van der Waals surface area contributed by atoms with Gasteiger partial charge in [-0.2, -0.15) is 4.80 Å². The molecule has 0 saturated carbocycles. The summed E-state index contributed by atoms with van der Waals surface area (Å²) in [4.78, 5) is 14.5. The summed E-state index contributed by atoms with van der Waals surface area (Å²) in [6.45, 7) is 4.13. The van der Waals surface area contributed by atoms with Crippen LogP contribution in [0.15, 0.2) is 54.6 Å². The molecule has 0 saturated heterocycles. The van der Waals surface area contributed by atoms with E-state index < -0.39 is 0 Å². The van der Waals surface area contributed by atoms with Crippen molar-refractivity contribution in [1.82, 2.24) is 15.0 Å². The smallest absolute Gasteiger partial charge is 0.255 e. The second-order valence-electron chi connectivity index (χ2n) is 7.94. The first kappa shape index (κ1) is 22.3. The summed E-state index contributed by atoms with van der Waals surface area (Å²) in [5.41, 5.74) is 5.75. The highest BCUT2D eigenvalue weighted by Gasteiger charge is 2.14. The Morgan fingerprint density at radius 3 is 2.30 bits per heavy atom. The number of carbonyl (C=O) groups excluding carboxylic acids is 1. The van der Waals surface area contributed by atoms with E-state index in [2.05, 4.69) is 34.6 Å². The number of carbonyl (C=O) groups is 1. The molecule has 0 aliphatic heterocycles. The van der Waals surface area contributed by atoms with Gasteiger partial charge in [-0.1, -0.05) is 25.5 Å². The molecular formula is C26H28N4O3. The largest absolute Gasteiger partial charge is 0.493 e. The number of hydrogen-bond donors (Lipinski definition) is 1. The lowest BCUT2D eigenvalue weighted by atomic mass is 10.1. The molecule has 4 aromatic rings. The maximum absolute atomic E-state index is 12.9. The monoisotopic (exact) mass is 444 g/mol. The fraction of sp³-hybridized carbons (Fsp3) is 0.269. The van der Waals surface area contributed by atoms with E-state index in [9.17, 15) is 4.79 Å². The predicted octanol–water partition coefficient (Wildman–Crippen LogP) is 5.34. The Hall–Kier alpha value is -3.87. The number of benzene rings is 3. The van der Waals surface area contributed by atoms with Gasteiger partial charge in [0.05, 0.1) is 19.9 Å². The maximum Gasteiger partial charge on any atom is 0.255 e. The zero-order valence-corrected chi connectivity index (χ0v) is 19.4. The lowest BCUT2D eigenvalue weighted by Crippen LogP contribution is -2.13. The van der Waals surface area contributed by atoms with Gasteiger partial charge in [-0.3, -0.25) is 4.79 Å². The zero-order valence-electron chi connectivity index (χ0n) is 19.4. The highest BCUT2D eigenvalue weighted by molar-refractivity contribution is 6.05. The Kier molecular flexibility index (Phi) is 6.58. The molecule has 1 heterocycles. The Morgan fingerprint density at radius 2 is 1.64 bits per heavy atom. The van der Waals surface area contributed by atoms with Crippen LogP contribution >= 0.6 is 0 Å². The van der Waals surface area contributed by atoms with Crippen molar-refractivity contribution in [1.29, 1.82) is 0 Å². The van der Waals surface area contributed by atoms with Crippen LogP contribution in [-0.2, 0) is 6.42 Å². The SMILES string of the molecule is CCCCc1ccc(-n2nc3cc(C)c(NC(=O)c4ccc(OC)c(OC)c4)cc3n2)cc1. The molecule has 0 unspecified atom stereocenters. The third-order valence-electron chi connectivity index (χ3n) is 5.61. The molecule has 0 fully saturated rings. The van der Waals surface area contributed by atoms with Crippen LogP contribution in [0.1, 0.15) is 41.3 Å². The number of anilines is 1. The number of ether oxygens (including phenoxy) is 2. The second kappa shape index (κ2) is 9.73. The average Bonchev–Trinajstić information content (AvgIpc) is 3.25. The van der Waals surface area contributed by atoms with Crippen LogP contribution in [0.3, 0.4) is 0 Å². The Labute approximate surface area is 193 Å². The van der Waals surface area contributed by atoms with Crippen molar-refractivity contribution in [3.05, 3.63) is 71.3 Å². The van der Waals surface area contributed by atoms with Crippen molar-refractivity contribution >= 4 is 22.6 Å². The number of fused-ring (bicyclic) bond motifs is 1. The highest BCUT2D eigenvalue weighted by atomic mass is 16.5. The van der Waals surface area contributed by atoms with Gasteiger partial charge in [0.2, 0.25) is 0 Å². The first-order valence-electron chi connectivity index (χ1n) is 11.0. The van der Waals surface area contributed by atoms with Crippen LogP contribution in [-0.4, -0.2) is 35.1 Å². The molecule has 170 valence electrons. The van der Waals surface area contributed by atoms with Crippen molar-refractivity contribution in [2.75, 3.05) is 19.5 Å². The van der Waals surface area contributed by atoms with Crippen molar-refractivity contribution in [3.8, 4) is 17.2 Å². The molecule has 0 spiro atoms. The number of methoxy groups -OCH3 is 2. The maximum atomic E-state index is 12.9. The van der Waals surface area contributed by atoms with Crippen LogP contribution in [0.25, 0.3) is 16.7 Å². The van der Waals surface area contributed by atoms with E-state index in [1.807, 2.05) is 31.2 Å². The summed E-state index contributed by atoms with van der Waals surface area (Å²) in [7, 11) is 3.10. The number of hydrogen-bond acceptors (Lipinski definition) is 5. The van der Waals surface area contributed by atoms with Gasteiger partial charge in [0.15, 0.2) is 11.5 Å². The summed E-state index contributed by atoms with van der Waals surface area (Å²) >= 11 is 0. The van der Waals surface area contributed by atoms with E-state index in [-0.39, 0.29) is 5.91 Å². The molecule has 1 aromatic heterocycles. The molecule has 4 rings (SSSR count). The normalized spacial score (nSPS) is 10.9. The first-order chi connectivity index (χ1) is 16.0. The standard InChI is InChI=1S/C26H28N4O3/c1-5-6-7-18-8-11-20(12-9-18)30-28-22-14-17(2)21(16-23(22)29-30)27-26(31)19-10-13-24(32-3)25(15-19)33-4/h8-16H,5-7H2,1-4H3,(H,27,31). The van der Waals surface area contributed by atoms with Crippen LogP contribution in [0, 0.1) is 6.92 Å². The molecule has 7 heteroatoms. The second-order valence-corrected chi connectivity index (χ2v) is 7.94. The van der Waals surface area contributed by atoms with Crippen LogP contribution in [0.4, 0.5) is 5.69 Å². The predicted molar refractivity (Wildman–Crippen MR) is 130 cm³/mol. The quantitative estimate of drug-likeness (QED) is 0.397. The summed E-state index contributed by atoms with van der Waals surface area (Å²) < 4.78 is 10.5. The van der Waals surface area contributed by atoms with Gasteiger partial charge in [-0.25, -0.2) is 0 Å². The minimum atomic E-state index is -0.242. The van der Waals surface area contributed by atoms with Gasteiger partial charge in [-0.15, -0.1) is 10.2 Å².